The maximum Gasteiger partial charge on any atom is 0.231 e. The molecule has 5 heteroatoms. The van der Waals surface area contributed by atoms with E-state index in [-0.39, 0.29) is 11.3 Å². The topological polar surface area (TPSA) is 54.0 Å². The smallest absolute Gasteiger partial charge is 0.231 e. The third-order valence-electron chi connectivity index (χ3n) is 3.44. The first-order chi connectivity index (χ1) is 8.66. The van der Waals surface area contributed by atoms with Crippen molar-refractivity contribution < 1.29 is 4.79 Å². The van der Waals surface area contributed by atoms with Crippen LogP contribution in [0.5, 0.6) is 0 Å². The second-order valence-electron chi connectivity index (χ2n) is 4.78. The Morgan fingerprint density at radius 3 is 3.00 bits per heavy atom. The number of carbonyl (C=O) groups excluding carboxylic acids is 1. The molecule has 0 bridgehead atoms. The summed E-state index contributed by atoms with van der Waals surface area (Å²) in [7, 11) is 0. The standard InChI is InChI=1S/C13H18BrN3O/c1-2-5-13(6-7-15-9-13)12(18)17-10-3-4-11(14)16-8-10/h3-4,8,15H,2,5-7,9H2,1H3,(H,17,18). The molecule has 1 aliphatic rings. The molecule has 1 unspecified atom stereocenters. The van der Waals surface area contributed by atoms with Gasteiger partial charge in [0.25, 0.3) is 0 Å². The van der Waals surface area contributed by atoms with E-state index in [0.717, 1.165) is 42.6 Å². The van der Waals surface area contributed by atoms with Crippen LogP contribution in [-0.4, -0.2) is 24.0 Å². The highest BCUT2D eigenvalue weighted by Crippen LogP contribution is 2.32. The predicted molar refractivity (Wildman–Crippen MR) is 75.4 cm³/mol. The van der Waals surface area contributed by atoms with Gasteiger partial charge in [0.15, 0.2) is 0 Å². The van der Waals surface area contributed by atoms with Gasteiger partial charge in [-0.3, -0.25) is 4.79 Å². The maximum atomic E-state index is 12.4. The normalized spacial score (nSPS) is 23.0. The van der Waals surface area contributed by atoms with Crippen molar-refractivity contribution >= 4 is 27.5 Å². The zero-order valence-electron chi connectivity index (χ0n) is 10.5. The Hall–Kier alpha value is -0.940. The molecule has 1 atom stereocenters. The quantitative estimate of drug-likeness (QED) is 0.840. The van der Waals surface area contributed by atoms with E-state index in [0.29, 0.717) is 0 Å². The molecule has 2 N–H and O–H groups in total. The highest BCUT2D eigenvalue weighted by Gasteiger charge is 2.40. The first-order valence-corrected chi connectivity index (χ1v) is 7.09. The van der Waals surface area contributed by atoms with Gasteiger partial charge in [-0.25, -0.2) is 4.98 Å². The van der Waals surface area contributed by atoms with Crippen LogP contribution in [0.4, 0.5) is 5.69 Å². The number of aromatic nitrogens is 1. The summed E-state index contributed by atoms with van der Waals surface area (Å²) in [6, 6.07) is 3.69. The first-order valence-electron chi connectivity index (χ1n) is 6.30. The second kappa shape index (κ2) is 5.80. The molecule has 1 amide bonds. The number of nitrogens with zero attached hydrogens (tertiary/aromatic N) is 1. The summed E-state index contributed by atoms with van der Waals surface area (Å²) in [5.41, 5.74) is 0.507. The lowest BCUT2D eigenvalue weighted by Gasteiger charge is -2.26. The van der Waals surface area contributed by atoms with Gasteiger partial charge >= 0.3 is 0 Å². The summed E-state index contributed by atoms with van der Waals surface area (Å²) in [4.78, 5) is 16.5. The molecule has 1 aliphatic heterocycles. The van der Waals surface area contributed by atoms with Crippen LogP contribution >= 0.6 is 15.9 Å². The van der Waals surface area contributed by atoms with Crippen molar-refractivity contribution in [3.05, 3.63) is 22.9 Å². The van der Waals surface area contributed by atoms with Crippen molar-refractivity contribution in [2.45, 2.75) is 26.2 Å². The van der Waals surface area contributed by atoms with E-state index in [1.807, 2.05) is 12.1 Å². The summed E-state index contributed by atoms with van der Waals surface area (Å²) >= 11 is 3.28. The molecule has 1 fully saturated rings. The van der Waals surface area contributed by atoms with Gasteiger partial charge in [-0.2, -0.15) is 0 Å². The second-order valence-corrected chi connectivity index (χ2v) is 5.59. The molecule has 18 heavy (non-hydrogen) atoms. The van der Waals surface area contributed by atoms with Crippen molar-refractivity contribution in [1.82, 2.24) is 10.3 Å². The van der Waals surface area contributed by atoms with Crippen molar-refractivity contribution in [2.75, 3.05) is 18.4 Å². The van der Waals surface area contributed by atoms with Crippen LogP contribution in [0.25, 0.3) is 0 Å². The number of anilines is 1. The Morgan fingerprint density at radius 2 is 2.44 bits per heavy atom. The highest BCUT2D eigenvalue weighted by molar-refractivity contribution is 9.10. The van der Waals surface area contributed by atoms with Crippen molar-refractivity contribution in [3.63, 3.8) is 0 Å². The summed E-state index contributed by atoms with van der Waals surface area (Å²) in [6.45, 7) is 3.82. The summed E-state index contributed by atoms with van der Waals surface area (Å²) in [6.07, 6.45) is 4.53. The van der Waals surface area contributed by atoms with Gasteiger partial charge in [-0.1, -0.05) is 13.3 Å². The fourth-order valence-electron chi connectivity index (χ4n) is 2.46. The molecule has 4 nitrogen and oxygen atoms in total. The molecule has 2 rings (SSSR count). The van der Waals surface area contributed by atoms with Crippen LogP contribution in [0.15, 0.2) is 22.9 Å². The van der Waals surface area contributed by atoms with E-state index in [1.54, 1.807) is 6.20 Å². The van der Waals surface area contributed by atoms with Crippen LogP contribution in [0.2, 0.25) is 0 Å². The third-order valence-corrected chi connectivity index (χ3v) is 3.91. The van der Waals surface area contributed by atoms with E-state index in [4.69, 9.17) is 0 Å². The fraction of sp³-hybridized carbons (Fsp3) is 0.538. The lowest BCUT2D eigenvalue weighted by molar-refractivity contribution is -0.125. The average Bonchev–Trinajstić information content (AvgIpc) is 2.82. The molecule has 0 spiro atoms. The van der Waals surface area contributed by atoms with Crippen LogP contribution < -0.4 is 10.6 Å². The molecule has 1 aromatic rings. The zero-order valence-corrected chi connectivity index (χ0v) is 12.1. The van der Waals surface area contributed by atoms with E-state index >= 15 is 0 Å². The summed E-state index contributed by atoms with van der Waals surface area (Å²) in [5.74, 6) is 0.110. The number of halogens is 1. The molecule has 1 aromatic heterocycles. The van der Waals surface area contributed by atoms with Gasteiger partial charge in [0, 0.05) is 6.54 Å². The van der Waals surface area contributed by atoms with Crippen LogP contribution in [0.1, 0.15) is 26.2 Å². The number of nitrogens with one attached hydrogen (secondary N) is 2. The molecule has 0 saturated carbocycles. The van der Waals surface area contributed by atoms with E-state index in [1.165, 1.54) is 0 Å². The van der Waals surface area contributed by atoms with Gasteiger partial charge in [0.1, 0.15) is 4.60 Å². The molecule has 0 aromatic carbocycles. The molecule has 0 aliphatic carbocycles. The monoisotopic (exact) mass is 311 g/mol. The number of hydrogen-bond donors (Lipinski definition) is 2. The van der Waals surface area contributed by atoms with Crippen LogP contribution in [0.3, 0.4) is 0 Å². The summed E-state index contributed by atoms with van der Waals surface area (Å²) < 4.78 is 0.770. The lowest BCUT2D eigenvalue weighted by atomic mass is 9.81. The number of amides is 1. The van der Waals surface area contributed by atoms with E-state index in [9.17, 15) is 4.79 Å². The minimum Gasteiger partial charge on any atom is -0.324 e. The number of hydrogen-bond acceptors (Lipinski definition) is 3. The highest BCUT2D eigenvalue weighted by atomic mass is 79.9. The predicted octanol–water partition coefficient (Wildman–Crippen LogP) is 2.56. The fourth-order valence-corrected chi connectivity index (χ4v) is 2.69. The number of pyridine rings is 1. The minimum atomic E-state index is -0.248. The first kappa shape index (κ1) is 13.5. The molecule has 98 valence electrons. The van der Waals surface area contributed by atoms with Crippen LogP contribution in [-0.2, 0) is 4.79 Å². The van der Waals surface area contributed by atoms with E-state index in [2.05, 4.69) is 38.5 Å². The number of carbonyl (C=O) groups is 1. The Labute approximate surface area is 116 Å². The summed E-state index contributed by atoms with van der Waals surface area (Å²) in [5, 5.41) is 6.26. The van der Waals surface area contributed by atoms with Gasteiger partial charge in [-0.05, 0) is 47.4 Å². The SMILES string of the molecule is CCCC1(C(=O)Nc2ccc(Br)nc2)CCNC1. The average molecular weight is 312 g/mol. The Morgan fingerprint density at radius 1 is 1.61 bits per heavy atom. The van der Waals surface area contributed by atoms with Crippen molar-refractivity contribution in [3.8, 4) is 0 Å². The van der Waals surface area contributed by atoms with Gasteiger partial charge in [-0.15, -0.1) is 0 Å². The Balaban J connectivity index is 2.07. The molecule has 0 radical (unpaired) electrons. The third kappa shape index (κ3) is 2.90. The Kier molecular flexibility index (Phi) is 4.35. The van der Waals surface area contributed by atoms with Crippen LogP contribution in [0, 0.1) is 5.41 Å². The minimum absolute atomic E-state index is 0.110. The van der Waals surface area contributed by atoms with Gasteiger partial charge in [0.2, 0.25) is 5.91 Å². The largest absolute Gasteiger partial charge is 0.324 e. The molecule has 1 saturated heterocycles. The lowest BCUT2D eigenvalue weighted by Crippen LogP contribution is -2.38. The molecular weight excluding hydrogens is 294 g/mol. The maximum absolute atomic E-state index is 12.4. The van der Waals surface area contributed by atoms with Gasteiger partial charge in [0.05, 0.1) is 17.3 Å². The Bertz CT molecular complexity index is 413. The van der Waals surface area contributed by atoms with Crippen molar-refractivity contribution in [1.29, 1.82) is 0 Å². The number of rotatable bonds is 4. The van der Waals surface area contributed by atoms with E-state index < -0.39 is 0 Å². The molecular formula is C13H18BrN3O. The van der Waals surface area contributed by atoms with Gasteiger partial charge < -0.3 is 10.6 Å². The van der Waals surface area contributed by atoms with Crippen molar-refractivity contribution in [2.24, 2.45) is 5.41 Å². The molecule has 2 heterocycles. The zero-order chi connectivity index (χ0) is 13.0.